The fourth-order valence-electron chi connectivity index (χ4n) is 4.52. The average molecular weight is 409 g/mol. The third kappa shape index (κ3) is 3.37. The summed E-state index contributed by atoms with van der Waals surface area (Å²) in [6.45, 7) is 3.54. The maximum absolute atomic E-state index is 5.46. The average Bonchev–Trinajstić information content (AvgIpc) is 3.50. The smallest absolute Gasteiger partial charge is 0.140 e. The minimum absolute atomic E-state index is 0.809. The molecule has 0 saturated carbocycles. The van der Waals surface area contributed by atoms with Crippen molar-refractivity contribution in [2.75, 3.05) is 31.2 Å². The maximum Gasteiger partial charge on any atom is 0.140 e. The van der Waals surface area contributed by atoms with Crippen molar-refractivity contribution in [3.8, 4) is 11.3 Å². The number of nitrogens with one attached hydrogen (secondary N) is 1. The summed E-state index contributed by atoms with van der Waals surface area (Å²) in [6, 6.07) is 22.0. The Balaban J connectivity index is 1.30. The van der Waals surface area contributed by atoms with E-state index in [4.69, 9.17) is 4.74 Å². The molecule has 1 aliphatic heterocycles. The van der Waals surface area contributed by atoms with Crippen LogP contribution in [0.4, 0.5) is 5.69 Å². The zero-order chi connectivity index (χ0) is 20.6. The summed E-state index contributed by atoms with van der Waals surface area (Å²) in [7, 11) is 0. The standard InChI is InChI=1S/C26H24N4O/c1-5-23(29-13-15-31-16-14-29)6-2-19(1)17-22-4-8-25(30-12-11-28-26(22)30)21-3-7-24-20(18-21)9-10-27-24/h1-12,18,27H,13-17H2. The predicted octanol–water partition coefficient (Wildman–Crippen LogP) is 4.91. The summed E-state index contributed by atoms with van der Waals surface area (Å²) in [5.41, 5.74) is 8.32. The van der Waals surface area contributed by atoms with E-state index in [1.54, 1.807) is 0 Å². The highest BCUT2D eigenvalue weighted by Crippen LogP contribution is 2.27. The molecule has 31 heavy (non-hydrogen) atoms. The SMILES string of the molecule is c1cn2c(-c3ccc4[nH]ccc4c3)ccc(Cc3ccc(N4CCOCC4)cc3)c2n1. The Labute approximate surface area is 180 Å². The van der Waals surface area contributed by atoms with Crippen LogP contribution in [0.15, 0.2) is 79.3 Å². The van der Waals surface area contributed by atoms with Crippen molar-refractivity contribution in [2.45, 2.75) is 6.42 Å². The number of hydrogen-bond donors (Lipinski definition) is 1. The van der Waals surface area contributed by atoms with Gasteiger partial charge in [0, 0.05) is 54.7 Å². The molecule has 5 aromatic rings. The summed E-state index contributed by atoms with van der Waals surface area (Å²) < 4.78 is 7.66. The topological polar surface area (TPSA) is 45.6 Å². The monoisotopic (exact) mass is 408 g/mol. The van der Waals surface area contributed by atoms with Gasteiger partial charge in [0.05, 0.1) is 18.9 Å². The number of benzene rings is 2. The number of morpholine rings is 1. The zero-order valence-corrected chi connectivity index (χ0v) is 17.3. The Morgan fingerprint density at radius 1 is 0.935 bits per heavy atom. The van der Waals surface area contributed by atoms with Crippen molar-refractivity contribution in [1.82, 2.24) is 14.4 Å². The number of imidazole rings is 1. The van der Waals surface area contributed by atoms with Gasteiger partial charge in [0.2, 0.25) is 0 Å². The largest absolute Gasteiger partial charge is 0.378 e. The van der Waals surface area contributed by atoms with E-state index in [2.05, 4.69) is 86.1 Å². The highest BCUT2D eigenvalue weighted by atomic mass is 16.5. The molecule has 1 fully saturated rings. The lowest BCUT2D eigenvalue weighted by atomic mass is 10.0. The van der Waals surface area contributed by atoms with E-state index in [9.17, 15) is 0 Å². The van der Waals surface area contributed by atoms with Gasteiger partial charge in [-0.1, -0.05) is 24.3 Å². The summed E-state index contributed by atoms with van der Waals surface area (Å²) in [5.74, 6) is 0. The van der Waals surface area contributed by atoms with Gasteiger partial charge in [-0.05, 0) is 53.1 Å². The van der Waals surface area contributed by atoms with Crippen LogP contribution in [0.3, 0.4) is 0 Å². The van der Waals surface area contributed by atoms with Gasteiger partial charge in [-0.2, -0.15) is 0 Å². The molecule has 5 nitrogen and oxygen atoms in total. The van der Waals surface area contributed by atoms with Gasteiger partial charge >= 0.3 is 0 Å². The van der Waals surface area contributed by atoms with E-state index in [0.717, 1.165) is 49.6 Å². The van der Waals surface area contributed by atoms with Crippen LogP contribution in [-0.4, -0.2) is 40.7 Å². The van der Waals surface area contributed by atoms with E-state index < -0.39 is 0 Å². The van der Waals surface area contributed by atoms with Gasteiger partial charge in [0.1, 0.15) is 5.65 Å². The second kappa shape index (κ2) is 7.60. The predicted molar refractivity (Wildman–Crippen MR) is 125 cm³/mol. The number of ether oxygens (including phenoxy) is 1. The van der Waals surface area contributed by atoms with E-state index in [0.29, 0.717) is 0 Å². The number of pyridine rings is 1. The summed E-state index contributed by atoms with van der Waals surface area (Å²) in [4.78, 5) is 10.3. The molecule has 4 heterocycles. The van der Waals surface area contributed by atoms with E-state index in [1.165, 1.54) is 27.8 Å². The Kier molecular flexibility index (Phi) is 4.47. The van der Waals surface area contributed by atoms with Crippen LogP contribution in [0.2, 0.25) is 0 Å². The molecule has 0 aliphatic carbocycles. The second-order valence-electron chi connectivity index (χ2n) is 8.09. The van der Waals surface area contributed by atoms with Crippen LogP contribution >= 0.6 is 0 Å². The molecule has 1 aliphatic rings. The highest BCUT2D eigenvalue weighted by molar-refractivity contribution is 5.84. The minimum atomic E-state index is 0.809. The highest BCUT2D eigenvalue weighted by Gasteiger charge is 2.13. The molecule has 1 N–H and O–H groups in total. The summed E-state index contributed by atoms with van der Waals surface area (Å²) in [6.07, 6.45) is 6.78. The van der Waals surface area contributed by atoms with Crippen LogP contribution in [0.5, 0.6) is 0 Å². The minimum Gasteiger partial charge on any atom is -0.378 e. The molecule has 154 valence electrons. The number of aromatic amines is 1. The van der Waals surface area contributed by atoms with Gasteiger partial charge in [0.15, 0.2) is 0 Å². The second-order valence-corrected chi connectivity index (χ2v) is 8.09. The fraction of sp³-hybridized carbons (Fsp3) is 0.192. The molecule has 0 bridgehead atoms. The Morgan fingerprint density at radius 2 is 1.81 bits per heavy atom. The van der Waals surface area contributed by atoms with Gasteiger partial charge in [-0.3, -0.25) is 4.40 Å². The third-order valence-electron chi connectivity index (χ3n) is 6.19. The first-order chi connectivity index (χ1) is 15.3. The lowest BCUT2D eigenvalue weighted by Gasteiger charge is -2.28. The number of hydrogen-bond acceptors (Lipinski definition) is 3. The molecule has 0 spiro atoms. The molecule has 0 amide bonds. The molecular formula is C26H24N4O. The molecule has 0 unspecified atom stereocenters. The number of fused-ring (bicyclic) bond motifs is 2. The lowest BCUT2D eigenvalue weighted by Crippen LogP contribution is -2.36. The van der Waals surface area contributed by atoms with Crippen molar-refractivity contribution in [2.24, 2.45) is 0 Å². The first-order valence-electron chi connectivity index (χ1n) is 10.8. The Bertz CT molecular complexity index is 1340. The van der Waals surface area contributed by atoms with Gasteiger partial charge in [-0.25, -0.2) is 4.98 Å². The molecule has 1 saturated heterocycles. The van der Waals surface area contributed by atoms with Crippen molar-refractivity contribution in [3.63, 3.8) is 0 Å². The van der Waals surface area contributed by atoms with E-state index in [-0.39, 0.29) is 0 Å². The summed E-state index contributed by atoms with van der Waals surface area (Å²) >= 11 is 0. The molecule has 0 atom stereocenters. The van der Waals surface area contributed by atoms with E-state index >= 15 is 0 Å². The van der Waals surface area contributed by atoms with Crippen molar-refractivity contribution >= 4 is 22.2 Å². The van der Waals surface area contributed by atoms with Crippen LogP contribution < -0.4 is 4.90 Å². The number of rotatable bonds is 4. The van der Waals surface area contributed by atoms with Crippen LogP contribution in [0.1, 0.15) is 11.1 Å². The number of aromatic nitrogens is 3. The van der Waals surface area contributed by atoms with Crippen LogP contribution in [0.25, 0.3) is 27.8 Å². The van der Waals surface area contributed by atoms with Crippen molar-refractivity contribution < 1.29 is 4.74 Å². The van der Waals surface area contributed by atoms with Gasteiger partial charge < -0.3 is 14.6 Å². The lowest BCUT2D eigenvalue weighted by molar-refractivity contribution is 0.122. The fourth-order valence-corrected chi connectivity index (χ4v) is 4.52. The molecule has 6 rings (SSSR count). The molecular weight excluding hydrogens is 384 g/mol. The van der Waals surface area contributed by atoms with Crippen molar-refractivity contribution in [1.29, 1.82) is 0 Å². The molecule has 2 aromatic carbocycles. The quantitative estimate of drug-likeness (QED) is 0.460. The van der Waals surface area contributed by atoms with Crippen molar-refractivity contribution in [3.05, 3.63) is 90.4 Å². The van der Waals surface area contributed by atoms with Crippen LogP contribution in [-0.2, 0) is 11.2 Å². The van der Waals surface area contributed by atoms with Crippen LogP contribution in [0, 0.1) is 0 Å². The first kappa shape index (κ1) is 18.2. The normalized spacial score (nSPS) is 14.5. The Hall–Kier alpha value is -3.57. The maximum atomic E-state index is 5.46. The van der Waals surface area contributed by atoms with Gasteiger partial charge in [-0.15, -0.1) is 0 Å². The van der Waals surface area contributed by atoms with Gasteiger partial charge in [0.25, 0.3) is 0 Å². The Morgan fingerprint density at radius 3 is 2.68 bits per heavy atom. The molecule has 0 radical (unpaired) electrons. The zero-order valence-electron chi connectivity index (χ0n) is 17.3. The third-order valence-corrected chi connectivity index (χ3v) is 6.19. The number of nitrogens with zero attached hydrogens (tertiary/aromatic N) is 3. The first-order valence-corrected chi connectivity index (χ1v) is 10.8. The molecule has 5 heteroatoms. The molecule has 3 aromatic heterocycles. The number of anilines is 1. The number of H-pyrrole nitrogens is 1. The summed E-state index contributed by atoms with van der Waals surface area (Å²) in [5, 5.41) is 1.22. The van der Waals surface area contributed by atoms with E-state index in [1.807, 2.05) is 12.4 Å².